The van der Waals surface area contributed by atoms with E-state index in [9.17, 15) is 17.6 Å². The molecule has 0 N–H and O–H groups in total. The minimum Gasteiger partial charge on any atom is -0.206 e. The van der Waals surface area contributed by atoms with Gasteiger partial charge >= 0.3 is 6.18 Å². The Morgan fingerprint density at radius 3 is 2.22 bits per heavy atom. The predicted molar refractivity (Wildman–Crippen MR) is 69.6 cm³/mol. The molecule has 0 amide bonds. The van der Waals surface area contributed by atoms with Crippen molar-refractivity contribution >= 4 is 22.6 Å². The summed E-state index contributed by atoms with van der Waals surface area (Å²) in [5.41, 5.74) is -0.374. The molecule has 0 atom stereocenters. The first-order valence-corrected chi connectivity index (χ1v) is 6.08. The van der Waals surface area contributed by atoms with Crippen molar-refractivity contribution < 1.29 is 17.6 Å². The number of hydrogen-bond acceptors (Lipinski definition) is 0. The van der Waals surface area contributed by atoms with Crippen LogP contribution >= 0.6 is 22.6 Å². The van der Waals surface area contributed by atoms with Crippen molar-refractivity contribution in [1.82, 2.24) is 0 Å². The van der Waals surface area contributed by atoms with Crippen LogP contribution < -0.4 is 0 Å². The van der Waals surface area contributed by atoms with Gasteiger partial charge in [-0.15, -0.1) is 0 Å². The minimum atomic E-state index is -4.43. The topological polar surface area (TPSA) is 0 Å². The van der Waals surface area contributed by atoms with Gasteiger partial charge in [0.1, 0.15) is 5.82 Å². The van der Waals surface area contributed by atoms with Crippen LogP contribution in [0.15, 0.2) is 42.5 Å². The second-order valence-electron chi connectivity index (χ2n) is 3.71. The van der Waals surface area contributed by atoms with Crippen LogP contribution in [0.3, 0.4) is 0 Å². The lowest BCUT2D eigenvalue weighted by Gasteiger charge is -2.10. The van der Waals surface area contributed by atoms with Crippen LogP contribution in [-0.4, -0.2) is 0 Å². The summed E-state index contributed by atoms with van der Waals surface area (Å²) < 4.78 is 52.0. The zero-order valence-corrected chi connectivity index (χ0v) is 11.1. The Hall–Kier alpha value is -1.11. The Morgan fingerprint density at radius 2 is 1.61 bits per heavy atom. The molecule has 5 heteroatoms. The largest absolute Gasteiger partial charge is 0.416 e. The summed E-state index contributed by atoms with van der Waals surface area (Å²) in [7, 11) is 0. The first kappa shape index (κ1) is 13.3. The van der Waals surface area contributed by atoms with Gasteiger partial charge in [-0.3, -0.25) is 0 Å². The van der Waals surface area contributed by atoms with Gasteiger partial charge in [-0.2, -0.15) is 13.2 Å². The highest BCUT2D eigenvalue weighted by Gasteiger charge is 2.31. The molecule has 0 aromatic heterocycles. The van der Waals surface area contributed by atoms with Crippen molar-refractivity contribution in [3.05, 3.63) is 57.4 Å². The van der Waals surface area contributed by atoms with Gasteiger partial charge in [-0.1, -0.05) is 18.2 Å². The summed E-state index contributed by atoms with van der Waals surface area (Å²) in [6, 6.07) is 9.28. The maximum atomic E-state index is 13.6. The van der Waals surface area contributed by atoms with E-state index in [1.54, 1.807) is 28.7 Å². The van der Waals surface area contributed by atoms with Crippen LogP contribution in [0.4, 0.5) is 17.6 Å². The van der Waals surface area contributed by atoms with Crippen molar-refractivity contribution in [1.29, 1.82) is 0 Å². The van der Waals surface area contributed by atoms with E-state index in [0.29, 0.717) is 3.57 Å². The molecule has 18 heavy (non-hydrogen) atoms. The molecule has 0 heterocycles. The highest BCUT2D eigenvalue weighted by Crippen LogP contribution is 2.34. The first-order chi connectivity index (χ1) is 8.38. The summed E-state index contributed by atoms with van der Waals surface area (Å²) in [5, 5.41) is 0. The maximum Gasteiger partial charge on any atom is 0.416 e. The van der Waals surface area contributed by atoms with Gasteiger partial charge in [0.05, 0.1) is 5.56 Å². The smallest absolute Gasteiger partial charge is 0.206 e. The SMILES string of the molecule is Fc1ccccc1-c1cc(I)cc(C(F)(F)F)c1. The van der Waals surface area contributed by atoms with Crippen LogP contribution in [-0.2, 0) is 6.18 Å². The van der Waals surface area contributed by atoms with E-state index < -0.39 is 17.6 Å². The Bertz CT molecular complexity index is 575. The average molecular weight is 366 g/mol. The van der Waals surface area contributed by atoms with Crippen LogP contribution in [0.1, 0.15) is 5.56 Å². The van der Waals surface area contributed by atoms with Crippen molar-refractivity contribution in [2.75, 3.05) is 0 Å². The second-order valence-corrected chi connectivity index (χ2v) is 4.95. The van der Waals surface area contributed by atoms with Crippen molar-refractivity contribution in [3.63, 3.8) is 0 Å². The fraction of sp³-hybridized carbons (Fsp3) is 0.0769. The Labute approximate surface area is 115 Å². The van der Waals surface area contributed by atoms with Crippen LogP contribution in [0.25, 0.3) is 11.1 Å². The molecule has 0 saturated carbocycles. The second kappa shape index (κ2) is 4.87. The molecule has 94 valence electrons. The number of hydrogen-bond donors (Lipinski definition) is 0. The molecule has 0 fully saturated rings. The van der Waals surface area contributed by atoms with E-state index in [-0.39, 0.29) is 11.1 Å². The molecule has 0 aliphatic carbocycles. The average Bonchev–Trinajstić information content (AvgIpc) is 2.27. The third kappa shape index (κ3) is 2.82. The van der Waals surface area contributed by atoms with E-state index in [4.69, 9.17) is 0 Å². The zero-order chi connectivity index (χ0) is 13.3. The molecule has 0 spiro atoms. The molecule has 0 unspecified atom stereocenters. The van der Waals surface area contributed by atoms with Crippen LogP contribution in [0, 0.1) is 9.39 Å². The van der Waals surface area contributed by atoms with E-state index in [2.05, 4.69) is 0 Å². The molecule has 2 aromatic rings. The van der Waals surface area contributed by atoms with E-state index >= 15 is 0 Å². The molecule has 0 aliphatic rings. The van der Waals surface area contributed by atoms with Crippen molar-refractivity contribution in [2.45, 2.75) is 6.18 Å². The zero-order valence-electron chi connectivity index (χ0n) is 8.93. The minimum absolute atomic E-state index is 0.168. The van der Waals surface area contributed by atoms with Crippen LogP contribution in [0.5, 0.6) is 0 Å². The lowest BCUT2D eigenvalue weighted by molar-refractivity contribution is -0.137. The quantitative estimate of drug-likeness (QED) is 0.486. The lowest BCUT2D eigenvalue weighted by Crippen LogP contribution is -2.05. The van der Waals surface area contributed by atoms with E-state index in [1.807, 2.05) is 0 Å². The molecular formula is C13H7F4I. The molecule has 0 saturated heterocycles. The van der Waals surface area contributed by atoms with Gasteiger partial charge in [-0.05, 0) is 52.4 Å². The number of halogens is 5. The van der Waals surface area contributed by atoms with Gasteiger partial charge in [0, 0.05) is 9.13 Å². The van der Waals surface area contributed by atoms with Crippen molar-refractivity contribution in [3.8, 4) is 11.1 Å². The third-order valence-electron chi connectivity index (χ3n) is 2.41. The van der Waals surface area contributed by atoms with Gasteiger partial charge in [-0.25, -0.2) is 4.39 Å². The van der Waals surface area contributed by atoms with Crippen LogP contribution in [0.2, 0.25) is 0 Å². The summed E-state index contributed by atoms with van der Waals surface area (Å²) in [4.78, 5) is 0. The summed E-state index contributed by atoms with van der Waals surface area (Å²) >= 11 is 1.79. The predicted octanol–water partition coefficient (Wildman–Crippen LogP) is 5.12. The van der Waals surface area contributed by atoms with Gasteiger partial charge in [0.15, 0.2) is 0 Å². The van der Waals surface area contributed by atoms with Gasteiger partial charge in [0.25, 0.3) is 0 Å². The molecule has 2 rings (SSSR count). The number of alkyl halides is 3. The first-order valence-electron chi connectivity index (χ1n) is 5.00. The fourth-order valence-corrected chi connectivity index (χ4v) is 2.28. The van der Waals surface area contributed by atoms with Crippen molar-refractivity contribution in [2.24, 2.45) is 0 Å². The number of rotatable bonds is 1. The monoisotopic (exact) mass is 366 g/mol. The molecule has 0 bridgehead atoms. The van der Waals surface area contributed by atoms with E-state index in [0.717, 1.165) is 12.1 Å². The highest BCUT2D eigenvalue weighted by molar-refractivity contribution is 14.1. The molecule has 0 aliphatic heterocycles. The Balaban J connectivity index is 2.60. The fourth-order valence-electron chi connectivity index (χ4n) is 1.60. The molecular weight excluding hydrogens is 359 g/mol. The Morgan fingerprint density at radius 1 is 0.944 bits per heavy atom. The third-order valence-corrected chi connectivity index (χ3v) is 3.03. The highest BCUT2D eigenvalue weighted by atomic mass is 127. The Kier molecular flexibility index (Phi) is 3.61. The van der Waals surface area contributed by atoms with Gasteiger partial charge in [0.2, 0.25) is 0 Å². The molecule has 0 nitrogen and oxygen atoms in total. The summed E-state index contributed by atoms with van der Waals surface area (Å²) in [5.74, 6) is -0.535. The normalized spacial score (nSPS) is 11.6. The summed E-state index contributed by atoms with van der Waals surface area (Å²) in [6.07, 6.45) is -4.43. The lowest BCUT2D eigenvalue weighted by atomic mass is 10.0. The standard InChI is InChI=1S/C13H7F4I/c14-12-4-2-1-3-11(12)8-5-9(13(15,16)17)7-10(18)6-8/h1-7H. The van der Waals surface area contributed by atoms with Gasteiger partial charge < -0.3 is 0 Å². The number of benzene rings is 2. The summed E-state index contributed by atoms with van der Waals surface area (Å²) in [6.45, 7) is 0. The van der Waals surface area contributed by atoms with E-state index in [1.165, 1.54) is 24.3 Å². The molecule has 2 aromatic carbocycles. The molecule has 0 radical (unpaired) electrons. The maximum absolute atomic E-state index is 13.6.